The highest BCUT2D eigenvalue weighted by molar-refractivity contribution is 7.89. The molecule has 0 N–H and O–H groups in total. The predicted molar refractivity (Wildman–Crippen MR) is 161 cm³/mol. The third kappa shape index (κ3) is 5.44. The first-order valence-electron chi connectivity index (χ1n) is 13.3. The van der Waals surface area contributed by atoms with E-state index in [-0.39, 0.29) is 10.5 Å². The highest BCUT2D eigenvalue weighted by atomic mass is 32.2. The second-order valence-corrected chi connectivity index (χ2v) is 11.5. The maximum atomic E-state index is 14.4. The van der Waals surface area contributed by atoms with Crippen LogP contribution in [0.1, 0.15) is 16.7 Å². The summed E-state index contributed by atoms with van der Waals surface area (Å²) in [4.78, 5) is 28.9. The highest BCUT2D eigenvalue weighted by Gasteiger charge is 2.44. The van der Waals surface area contributed by atoms with Gasteiger partial charge in [-0.2, -0.15) is 0 Å². The van der Waals surface area contributed by atoms with Crippen molar-refractivity contribution in [3.8, 4) is 5.75 Å². The highest BCUT2D eigenvalue weighted by Crippen LogP contribution is 2.42. The van der Waals surface area contributed by atoms with Crippen LogP contribution in [0.3, 0.4) is 0 Å². The third-order valence-corrected chi connectivity index (χ3v) is 8.83. The molecule has 0 saturated heterocycles. The van der Waals surface area contributed by atoms with Crippen molar-refractivity contribution in [1.82, 2.24) is 9.21 Å². The summed E-state index contributed by atoms with van der Waals surface area (Å²) in [7, 11) is -0.591. The number of allylic oxidation sites excluding steroid dienone is 2. The number of rotatable bonds is 7. The Morgan fingerprint density at radius 3 is 2.12 bits per heavy atom. The molecule has 2 aliphatic rings. The van der Waals surface area contributed by atoms with Crippen molar-refractivity contribution in [1.29, 1.82) is 0 Å². The molecule has 0 fully saturated rings. The minimum absolute atomic E-state index is 0.0774. The van der Waals surface area contributed by atoms with Gasteiger partial charge in [0.2, 0.25) is 0 Å². The summed E-state index contributed by atoms with van der Waals surface area (Å²) in [5, 5.41) is 0. The summed E-state index contributed by atoms with van der Waals surface area (Å²) in [6, 6.07) is 21.7. The second kappa shape index (κ2) is 12.0. The Balaban J connectivity index is 1.89. The molecular weight excluding hydrogens is 568 g/mol. The molecule has 1 unspecified atom stereocenters. The van der Waals surface area contributed by atoms with Gasteiger partial charge >= 0.3 is 11.9 Å². The van der Waals surface area contributed by atoms with Crippen molar-refractivity contribution in [2.45, 2.75) is 17.9 Å². The van der Waals surface area contributed by atoms with Crippen LogP contribution in [0.4, 0.5) is 0 Å². The molecule has 1 atom stereocenters. The first-order valence-corrected chi connectivity index (χ1v) is 14.8. The molecule has 3 aromatic rings. The average Bonchev–Trinajstić information content (AvgIpc) is 3.20. The zero-order valence-corrected chi connectivity index (χ0v) is 24.9. The summed E-state index contributed by atoms with van der Waals surface area (Å²) in [6.07, 6.45) is 6.66. The predicted octanol–water partition coefficient (Wildman–Crippen LogP) is 4.89. The molecule has 220 valence electrons. The van der Waals surface area contributed by atoms with Gasteiger partial charge in [0.25, 0.3) is 10.0 Å². The molecule has 0 amide bonds. The zero-order chi connectivity index (χ0) is 30.7. The number of aryl methyl sites for hydroxylation is 1. The molecule has 5 rings (SSSR count). The van der Waals surface area contributed by atoms with Crippen molar-refractivity contribution in [2.24, 2.45) is 0 Å². The lowest BCUT2D eigenvalue weighted by Gasteiger charge is -2.37. The number of carbonyl (C=O) groups is 2. The van der Waals surface area contributed by atoms with Crippen LogP contribution in [-0.2, 0) is 29.1 Å². The Morgan fingerprint density at radius 1 is 0.791 bits per heavy atom. The van der Waals surface area contributed by atoms with Gasteiger partial charge in [-0.15, -0.1) is 0 Å². The summed E-state index contributed by atoms with van der Waals surface area (Å²) in [5.41, 5.74) is 2.56. The van der Waals surface area contributed by atoms with E-state index in [1.165, 1.54) is 25.4 Å². The van der Waals surface area contributed by atoms with Crippen molar-refractivity contribution >= 4 is 33.4 Å². The number of nitrogens with zero attached hydrogens (tertiary/aromatic N) is 2. The van der Waals surface area contributed by atoms with Crippen molar-refractivity contribution < 1.29 is 32.2 Å². The number of ether oxygens (including phenoxy) is 3. The number of sulfonamides is 1. The molecule has 2 aliphatic heterocycles. The number of esters is 2. The quantitative estimate of drug-likeness (QED) is 0.355. The van der Waals surface area contributed by atoms with Crippen LogP contribution in [0.15, 0.2) is 119 Å². The van der Waals surface area contributed by atoms with E-state index in [0.717, 1.165) is 22.5 Å². The molecule has 0 aliphatic carbocycles. The number of benzene rings is 3. The lowest BCUT2D eigenvalue weighted by molar-refractivity contribution is -0.140. The average molecular weight is 599 g/mol. The SMILES string of the molecule is COC(=O)C1=C(C(=O)OC)N(S(=O)(=O)c2ccc(C)cc2)C=C(c2ccccc2)N2C(c3cccc(OC)c3)=CC=CC12. The Labute approximate surface area is 250 Å². The molecular formula is C33H30N2O7S. The van der Waals surface area contributed by atoms with Crippen molar-refractivity contribution in [3.05, 3.63) is 131 Å². The van der Waals surface area contributed by atoms with Gasteiger partial charge in [-0.25, -0.2) is 22.3 Å². The molecule has 43 heavy (non-hydrogen) atoms. The normalized spacial score (nSPS) is 16.5. The largest absolute Gasteiger partial charge is 0.497 e. The van der Waals surface area contributed by atoms with Crippen LogP contribution in [-0.4, -0.2) is 56.9 Å². The maximum absolute atomic E-state index is 14.4. The fourth-order valence-electron chi connectivity index (χ4n) is 5.05. The monoisotopic (exact) mass is 598 g/mol. The standard InChI is InChI=1S/C33H30N2O7S/c1-22-16-18-26(19-17-22)43(38,39)34-21-29(23-10-6-5-7-11-23)35-27(24-12-8-13-25(20-24)40-2)14-9-15-28(35)30(32(36)41-3)31(34)33(37)42-4/h5-21,28H,1-4H3. The molecule has 3 aromatic carbocycles. The van der Waals surface area contributed by atoms with E-state index in [9.17, 15) is 18.0 Å². The molecule has 0 bridgehead atoms. The Bertz CT molecular complexity index is 1790. The van der Waals surface area contributed by atoms with E-state index in [0.29, 0.717) is 22.7 Å². The molecule has 0 spiro atoms. The zero-order valence-electron chi connectivity index (χ0n) is 24.1. The molecule has 10 heteroatoms. The summed E-state index contributed by atoms with van der Waals surface area (Å²) < 4.78 is 45.3. The molecule has 9 nitrogen and oxygen atoms in total. The van der Waals surface area contributed by atoms with Crippen LogP contribution in [0, 0.1) is 6.92 Å². The summed E-state index contributed by atoms with van der Waals surface area (Å²) >= 11 is 0. The minimum Gasteiger partial charge on any atom is -0.497 e. The van der Waals surface area contributed by atoms with Gasteiger partial charge in [-0.1, -0.05) is 72.3 Å². The van der Waals surface area contributed by atoms with Crippen molar-refractivity contribution in [2.75, 3.05) is 21.3 Å². The summed E-state index contributed by atoms with van der Waals surface area (Å²) in [5.74, 6) is -1.31. The van der Waals surface area contributed by atoms with Gasteiger partial charge in [0.1, 0.15) is 5.75 Å². The van der Waals surface area contributed by atoms with Crippen LogP contribution >= 0.6 is 0 Å². The van der Waals surface area contributed by atoms with E-state index in [4.69, 9.17) is 14.2 Å². The summed E-state index contributed by atoms with van der Waals surface area (Å²) in [6.45, 7) is 1.83. The number of hydrogen-bond acceptors (Lipinski definition) is 8. The van der Waals surface area contributed by atoms with Gasteiger partial charge in [0.05, 0.1) is 43.5 Å². The second-order valence-electron chi connectivity index (χ2n) is 9.72. The fourth-order valence-corrected chi connectivity index (χ4v) is 6.41. The van der Waals surface area contributed by atoms with Gasteiger partial charge in [0.15, 0.2) is 5.70 Å². The van der Waals surface area contributed by atoms with E-state index in [1.54, 1.807) is 31.4 Å². The fraction of sp³-hybridized carbons (Fsp3) is 0.152. The van der Waals surface area contributed by atoms with Gasteiger partial charge < -0.3 is 19.1 Å². The first kappa shape index (κ1) is 29.4. The van der Waals surface area contributed by atoms with E-state index in [1.807, 2.05) is 72.5 Å². The number of hydrogen-bond donors (Lipinski definition) is 0. The van der Waals surface area contributed by atoms with E-state index >= 15 is 0 Å². The van der Waals surface area contributed by atoms with Gasteiger partial charge in [0, 0.05) is 17.5 Å². The van der Waals surface area contributed by atoms with Gasteiger partial charge in [-0.05, 0) is 42.8 Å². The van der Waals surface area contributed by atoms with Gasteiger partial charge in [-0.3, -0.25) is 0 Å². The number of carbonyl (C=O) groups excluding carboxylic acids is 2. The number of methoxy groups -OCH3 is 3. The minimum atomic E-state index is -4.46. The Morgan fingerprint density at radius 2 is 1.47 bits per heavy atom. The van der Waals surface area contributed by atoms with Crippen molar-refractivity contribution in [3.63, 3.8) is 0 Å². The topological polar surface area (TPSA) is 102 Å². The Kier molecular flexibility index (Phi) is 8.22. The molecule has 0 radical (unpaired) electrons. The van der Waals surface area contributed by atoms with Crippen LogP contribution in [0.25, 0.3) is 11.4 Å². The molecule has 0 saturated carbocycles. The van der Waals surface area contributed by atoms with Crippen LogP contribution < -0.4 is 4.74 Å². The Hall–Kier alpha value is -5.09. The van der Waals surface area contributed by atoms with Crippen LogP contribution in [0.2, 0.25) is 0 Å². The maximum Gasteiger partial charge on any atom is 0.356 e. The van der Waals surface area contributed by atoms with Crippen LogP contribution in [0.5, 0.6) is 5.75 Å². The lowest BCUT2D eigenvalue weighted by Crippen LogP contribution is -2.38. The molecule has 0 aromatic heterocycles. The first-order chi connectivity index (χ1) is 20.7. The smallest absolute Gasteiger partial charge is 0.356 e. The lowest BCUT2D eigenvalue weighted by atomic mass is 9.95. The third-order valence-electron chi connectivity index (χ3n) is 7.15. The molecule has 2 heterocycles. The number of fused-ring (bicyclic) bond motifs is 1. The van der Waals surface area contributed by atoms with E-state index < -0.39 is 33.7 Å². The van der Waals surface area contributed by atoms with E-state index in [2.05, 4.69) is 0 Å².